The fourth-order valence-corrected chi connectivity index (χ4v) is 3.28. The molecular formula is C18H23N5O2. The molecule has 2 aromatic rings. The number of rotatable bonds is 4. The van der Waals surface area contributed by atoms with Crippen molar-refractivity contribution in [1.82, 2.24) is 19.9 Å². The minimum absolute atomic E-state index is 0.0536. The molecule has 0 aromatic carbocycles. The minimum atomic E-state index is -0.277. The molecule has 0 bridgehead atoms. The number of aromatic nitrogens is 3. The highest BCUT2D eigenvalue weighted by molar-refractivity contribution is 5.79. The van der Waals surface area contributed by atoms with Crippen LogP contribution >= 0.6 is 0 Å². The lowest BCUT2D eigenvalue weighted by atomic mass is 10.0. The maximum Gasteiger partial charge on any atom is 0.255 e. The summed E-state index contributed by atoms with van der Waals surface area (Å²) in [6.07, 6.45) is 6.35. The quantitative estimate of drug-likeness (QED) is 0.864. The summed E-state index contributed by atoms with van der Waals surface area (Å²) in [5.41, 5.74) is 7.23. The van der Waals surface area contributed by atoms with Gasteiger partial charge in [0.1, 0.15) is 5.82 Å². The van der Waals surface area contributed by atoms with E-state index in [0.717, 1.165) is 24.8 Å². The van der Waals surface area contributed by atoms with Crippen molar-refractivity contribution in [3.05, 3.63) is 46.1 Å². The Balaban J connectivity index is 1.83. The molecule has 3 N–H and O–H groups in total. The van der Waals surface area contributed by atoms with E-state index in [0.29, 0.717) is 30.2 Å². The van der Waals surface area contributed by atoms with E-state index in [1.54, 1.807) is 25.4 Å². The van der Waals surface area contributed by atoms with Crippen molar-refractivity contribution in [2.24, 2.45) is 5.73 Å². The lowest BCUT2D eigenvalue weighted by molar-refractivity contribution is -0.133. The molecule has 25 heavy (non-hydrogen) atoms. The van der Waals surface area contributed by atoms with Crippen LogP contribution in [0.25, 0.3) is 11.4 Å². The number of piperidine rings is 1. The van der Waals surface area contributed by atoms with Gasteiger partial charge in [0.2, 0.25) is 5.91 Å². The molecule has 7 heteroatoms. The molecule has 1 saturated heterocycles. The highest BCUT2D eigenvalue weighted by Gasteiger charge is 2.26. The summed E-state index contributed by atoms with van der Waals surface area (Å²) in [6, 6.07) is 3.68. The van der Waals surface area contributed by atoms with Gasteiger partial charge in [-0.05, 0) is 38.3 Å². The number of nitrogens with two attached hydrogens (primary N) is 1. The van der Waals surface area contributed by atoms with Crippen molar-refractivity contribution in [2.75, 3.05) is 13.1 Å². The number of likely N-dealkylation sites (tertiary alicyclic amines) is 1. The van der Waals surface area contributed by atoms with Gasteiger partial charge in [-0.15, -0.1) is 0 Å². The summed E-state index contributed by atoms with van der Waals surface area (Å²) < 4.78 is 0. The molecular weight excluding hydrogens is 318 g/mol. The van der Waals surface area contributed by atoms with Crippen LogP contribution in [0.1, 0.15) is 30.5 Å². The number of carbonyl (C=O) groups is 1. The number of carbonyl (C=O) groups excluding carboxylic acids is 1. The van der Waals surface area contributed by atoms with E-state index in [4.69, 9.17) is 5.73 Å². The van der Waals surface area contributed by atoms with Crippen LogP contribution < -0.4 is 11.3 Å². The van der Waals surface area contributed by atoms with Crippen molar-refractivity contribution in [3.8, 4) is 11.4 Å². The molecule has 132 valence electrons. The average molecular weight is 341 g/mol. The fraction of sp³-hybridized carbons (Fsp3) is 0.444. The molecule has 0 radical (unpaired) electrons. The van der Waals surface area contributed by atoms with E-state index >= 15 is 0 Å². The third kappa shape index (κ3) is 3.76. The van der Waals surface area contributed by atoms with Crippen LogP contribution in [0.15, 0.2) is 29.3 Å². The van der Waals surface area contributed by atoms with Gasteiger partial charge < -0.3 is 15.6 Å². The lowest BCUT2D eigenvalue weighted by Crippen LogP contribution is -2.48. The SMILES string of the molecule is Cc1nc(-c2cccnc2)[nH]c(=O)c1CC(=O)N1CCCCC1CN. The van der Waals surface area contributed by atoms with E-state index < -0.39 is 0 Å². The summed E-state index contributed by atoms with van der Waals surface area (Å²) in [7, 11) is 0. The zero-order chi connectivity index (χ0) is 17.8. The zero-order valence-electron chi connectivity index (χ0n) is 14.4. The van der Waals surface area contributed by atoms with Gasteiger partial charge >= 0.3 is 0 Å². The number of hydrogen-bond acceptors (Lipinski definition) is 5. The Morgan fingerprint density at radius 2 is 2.28 bits per heavy atom. The Bertz CT molecular complexity index is 803. The monoisotopic (exact) mass is 341 g/mol. The first-order chi connectivity index (χ1) is 12.1. The van der Waals surface area contributed by atoms with E-state index in [-0.39, 0.29) is 23.9 Å². The molecule has 3 rings (SSSR count). The molecule has 0 aliphatic carbocycles. The lowest BCUT2D eigenvalue weighted by Gasteiger charge is -2.35. The molecule has 0 spiro atoms. The summed E-state index contributed by atoms with van der Waals surface area (Å²) in [4.78, 5) is 38.2. The normalized spacial score (nSPS) is 17.5. The number of amides is 1. The third-order valence-electron chi connectivity index (χ3n) is 4.70. The van der Waals surface area contributed by atoms with Gasteiger partial charge in [-0.25, -0.2) is 4.98 Å². The number of aromatic amines is 1. The number of hydrogen-bond donors (Lipinski definition) is 2. The maximum atomic E-state index is 12.7. The average Bonchev–Trinajstić information content (AvgIpc) is 2.65. The molecule has 1 unspecified atom stereocenters. The molecule has 1 aliphatic heterocycles. The van der Waals surface area contributed by atoms with Crippen LogP contribution in [0.5, 0.6) is 0 Å². The highest BCUT2D eigenvalue weighted by atomic mass is 16.2. The number of aryl methyl sites for hydroxylation is 1. The van der Waals surface area contributed by atoms with E-state index in [1.165, 1.54) is 0 Å². The number of pyridine rings is 1. The number of nitrogens with zero attached hydrogens (tertiary/aromatic N) is 3. The molecule has 2 aromatic heterocycles. The fourth-order valence-electron chi connectivity index (χ4n) is 3.28. The third-order valence-corrected chi connectivity index (χ3v) is 4.70. The Hall–Kier alpha value is -2.54. The second-order valence-electron chi connectivity index (χ2n) is 6.37. The van der Waals surface area contributed by atoms with Gasteiger partial charge in [0.15, 0.2) is 0 Å². The Labute approximate surface area is 146 Å². The topological polar surface area (TPSA) is 105 Å². The summed E-state index contributed by atoms with van der Waals surface area (Å²) in [5, 5.41) is 0. The first-order valence-corrected chi connectivity index (χ1v) is 8.60. The molecule has 3 heterocycles. The molecule has 1 fully saturated rings. The smallest absolute Gasteiger partial charge is 0.255 e. The summed E-state index contributed by atoms with van der Waals surface area (Å²) >= 11 is 0. The molecule has 1 atom stereocenters. The summed E-state index contributed by atoms with van der Waals surface area (Å²) in [5.74, 6) is 0.407. The first-order valence-electron chi connectivity index (χ1n) is 8.60. The standard InChI is InChI=1S/C18H23N5O2/c1-12-15(9-16(24)23-8-3-2-6-14(23)10-19)18(25)22-17(21-12)13-5-4-7-20-11-13/h4-5,7,11,14H,2-3,6,8-10,19H2,1H3,(H,21,22,25). The number of H-pyrrole nitrogens is 1. The second-order valence-corrected chi connectivity index (χ2v) is 6.37. The van der Waals surface area contributed by atoms with Crippen LogP contribution in [-0.4, -0.2) is 44.9 Å². The van der Waals surface area contributed by atoms with Crippen molar-refractivity contribution in [1.29, 1.82) is 0 Å². The van der Waals surface area contributed by atoms with Gasteiger partial charge in [0.05, 0.1) is 6.42 Å². The van der Waals surface area contributed by atoms with Crippen molar-refractivity contribution < 1.29 is 4.79 Å². The van der Waals surface area contributed by atoms with Crippen molar-refractivity contribution >= 4 is 5.91 Å². The van der Waals surface area contributed by atoms with Crippen molar-refractivity contribution in [2.45, 2.75) is 38.6 Å². The van der Waals surface area contributed by atoms with Crippen LogP contribution in [0.3, 0.4) is 0 Å². The molecule has 7 nitrogen and oxygen atoms in total. The van der Waals surface area contributed by atoms with E-state index in [1.807, 2.05) is 11.0 Å². The van der Waals surface area contributed by atoms with Crippen LogP contribution in [0, 0.1) is 6.92 Å². The number of nitrogens with one attached hydrogen (secondary N) is 1. The Morgan fingerprint density at radius 1 is 1.44 bits per heavy atom. The predicted molar refractivity (Wildman–Crippen MR) is 94.9 cm³/mol. The molecule has 1 amide bonds. The van der Waals surface area contributed by atoms with Gasteiger partial charge in [-0.2, -0.15) is 0 Å². The molecule has 1 aliphatic rings. The largest absolute Gasteiger partial charge is 0.338 e. The predicted octanol–water partition coefficient (Wildman–Crippen LogP) is 1.02. The van der Waals surface area contributed by atoms with Crippen molar-refractivity contribution in [3.63, 3.8) is 0 Å². The zero-order valence-corrected chi connectivity index (χ0v) is 14.4. The van der Waals surface area contributed by atoms with Crippen LogP contribution in [0.4, 0.5) is 0 Å². The van der Waals surface area contributed by atoms with E-state index in [9.17, 15) is 9.59 Å². The van der Waals surface area contributed by atoms with Crippen LogP contribution in [0.2, 0.25) is 0 Å². The second kappa shape index (κ2) is 7.57. The summed E-state index contributed by atoms with van der Waals surface area (Å²) in [6.45, 7) is 2.92. The Morgan fingerprint density at radius 3 is 2.96 bits per heavy atom. The highest BCUT2D eigenvalue weighted by Crippen LogP contribution is 2.18. The van der Waals surface area contributed by atoms with Gasteiger partial charge in [-0.3, -0.25) is 14.6 Å². The van der Waals surface area contributed by atoms with Crippen LogP contribution in [-0.2, 0) is 11.2 Å². The van der Waals surface area contributed by atoms with E-state index in [2.05, 4.69) is 15.0 Å². The van der Waals surface area contributed by atoms with Gasteiger partial charge in [-0.1, -0.05) is 0 Å². The van der Waals surface area contributed by atoms with Gasteiger partial charge in [0, 0.05) is 48.3 Å². The minimum Gasteiger partial charge on any atom is -0.338 e. The Kier molecular flexibility index (Phi) is 5.23. The first kappa shape index (κ1) is 17.3. The van der Waals surface area contributed by atoms with Gasteiger partial charge in [0.25, 0.3) is 5.56 Å². The maximum absolute atomic E-state index is 12.7. The molecule has 0 saturated carbocycles.